The average Bonchev–Trinajstić information content (AvgIpc) is 2.56. The fraction of sp³-hybridized carbons (Fsp3) is 0.111. The Morgan fingerprint density at radius 2 is 2.43 bits per heavy atom. The molecule has 0 atom stereocenters. The molecule has 0 bridgehead atoms. The summed E-state index contributed by atoms with van der Waals surface area (Å²) in [6.07, 6.45) is 1.72. The largest absolute Gasteiger partial charge is 0.465 e. The van der Waals surface area contributed by atoms with Gasteiger partial charge in [-0.05, 0) is 34.7 Å². The van der Waals surface area contributed by atoms with Gasteiger partial charge in [-0.2, -0.15) is 0 Å². The summed E-state index contributed by atoms with van der Waals surface area (Å²) in [5, 5.41) is 1.01. The summed E-state index contributed by atoms with van der Waals surface area (Å²) in [7, 11) is 1.39. The second-order valence-corrected chi connectivity index (χ2v) is 4.67. The molecule has 0 aliphatic rings. The highest BCUT2D eigenvalue weighted by molar-refractivity contribution is 14.1. The van der Waals surface area contributed by atoms with Crippen LogP contribution in [-0.4, -0.2) is 18.1 Å². The summed E-state index contributed by atoms with van der Waals surface area (Å²) in [6, 6.07) is 3.81. The van der Waals surface area contributed by atoms with E-state index in [0.717, 1.165) is 13.8 Å². The molecule has 2 aromatic rings. The van der Waals surface area contributed by atoms with Crippen molar-refractivity contribution in [2.75, 3.05) is 7.11 Å². The Morgan fingerprint density at radius 3 is 3.07 bits per heavy atom. The van der Waals surface area contributed by atoms with Crippen molar-refractivity contribution in [3.63, 3.8) is 0 Å². The summed E-state index contributed by atoms with van der Waals surface area (Å²) < 4.78 is 5.60. The van der Waals surface area contributed by atoms with Crippen LogP contribution in [0.1, 0.15) is 9.67 Å². The molecule has 0 fully saturated rings. The van der Waals surface area contributed by atoms with Gasteiger partial charge in [0.05, 0.1) is 7.11 Å². The summed E-state index contributed by atoms with van der Waals surface area (Å²) in [4.78, 5) is 17.0. The van der Waals surface area contributed by atoms with Gasteiger partial charge in [0.1, 0.15) is 9.71 Å². The first-order valence-electron chi connectivity index (χ1n) is 3.85. The van der Waals surface area contributed by atoms with Crippen LogP contribution in [0.2, 0.25) is 0 Å². The van der Waals surface area contributed by atoms with Crippen LogP contribution in [0.15, 0.2) is 18.3 Å². The van der Waals surface area contributed by atoms with Crippen LogP contribution in [0.25, 0.3) is 10.2 Å². The minimum absolute atomic E-state index is 0.294. The molecule has 3 nitrogen and oxygen atoms in total. The molecule has 2 rings (SSSR count). The van der Waals surface area contributed by atoms with Crippen LogP contribution in [-0.2, 0) is 4.74 Å². The molecule has 5 heteroatoms. The van der Waals surface area contributed by atoms with Gasteiger partial charge in [-0.25, -0.2) is 9.78 Å². The number of aromatic nitrogens is 1. The number of hydrogen-bond donors (Lipinski definition) is 0. The second kappa shape index (κ2) is 3.82. The Kier molecular flexibility index (Phi) is 2.69. The van der Waals surface area contributed by atoms with Crippen molar-refractivity contribution < 1.29 is 9.53 Å². The van der Waals surface area contributed by atoms with Gasteiger partial charge in [-0.1, -0.05) is 0 Å². The minimum Gasteiger partial charge on any atom is -0.465 e. The standard InChI is InChI=1S/C9H6INO2S/c1-13-9(12)7-6(10)5-3-2-4-11-8(5)14-7/h2-4H,1H3. The number of carbonyl (C=O) groups is 1. The number of rotatable bonds is 1. The van der Waals surface area contributed by atoms with Crippen LogP contribution in [0, 0.1) is 3.57 Å². The maximum absolute atomic E-state index is 11.4. The maximum Gasteiger partial charge on any atom is 0.349 e. The molecule has 2 heterocycles. The first-order valence-corrected chi connectivity index (χ1v) is 5.75. The molecule has 2 aromatic heterocycles. The summed E-state index contributed by atoms with van der Waals surface area (Å²) in [5.74, 6) is -0.294. The molecule has 0 amide bonds. The van der Waals surface area contributed by atoms with Gasteiger partial charge < -0.3 is 4.74 Å². The van der Waals surface area contributed by atoms with Crippen molar-refractivity contribution in [2.45, 2.75) is 0 Å². The van der Waals surface area contributed by atoms with Gasteiger partial charge in [0.2, 0.25) is 0 Å². The number of pyridine rings is 1. The molecule has 0 aliphatic heterocycles. The molecule has 0 aliphatic carbocycles. The van der Waals surface area contributed by atoms with Gasteiger partial charge in [0.25, 0.3) is 0 Å². The zero-order chi connectivity index (χ0) is 10.1. The first kappa shape index (κ1) is 9.85. The molecular formula is C9H6INO2S. The molecule has 0 N–H and O–H groups in total. The van der Waals surface area contributed by atoms with Crippen LogP contribution in [0.3, 0.4) is 0 Å². The van der Waals surface area contributed by atoms with Crippen molar-refractivity contribution in [1.29, 1.82) is 0 Å². The summed E-state index contributed by atoms with van der Waals surface area (Å²) in [6.45, 7) is 0. The Morgan fingerprint density at radius 1 is 1.64 bits per heavy atom. The van der Waals surface area contributed by atoms with E-state index < -0.39 is 0 Å². The number of esters is 1. The zero-order valence-corrected chi connectivity index (χ0v) is 10.3. The third-order valence-corrected chi connectivity index (χ3v) is 4.36. The van der Waals surface area contributed by atoms with E-state index in [-0.39, 0.29) is 5.97 Å². The van der Waals surface area contributed by atoms with Crippen molar-refractivity contribution in [2.24, 2.45) is 0 Å². The van der Waals surface area contributed by atoms with E-state index >= 15 is 0 Å². The lowest BCUT2D eigenvalue weighted by Crippen LogP contribution is -1.99. The molecule has 0 saturated heterocycles. The van der Waals surface area contributed by atoms with Crippen LogP contribution >= 0.6 is 33.9 Å². The van der Waals surface area contributed by atoms with Gasteiger partial charge in [-0.15, -0.1) is 11.3 Å². The predicted molar refractivity (Wildman–Crippen MR) is 63.7 cm³/mol. The van der Waals surface area contributed by atoms with Crippen LogP contribution in [0.5, 0.6) is 0 Å². The zero-order valence-electron chi connectivity index (χ0n) is 7.28. The third kappa shape index (κ3) is 1.50. The predicted octanol–water partition coefficient (Wildman–Crippen LogP) is 2.69. The van der Waals surface area contributed by atoms with E-state index in [1.54, 1.807) is 6.20 Å². The topological polar surface area (TPSA) is 39.2 Å². The van der Waals surface area contributed by atoms with Gasteiger partial charge >= 0.3 is 5.97 Å². The van der Waals surface area contributed by atoms with Crippen molar-refractivity contribution in [3.8, 4) is 0 Å². The van der Waals surface area contributed by atoms with Crippen molar-refractivity contribution in [1.82, 2.24) is 4.98 Å². The number of ether oxygens (including phenoxy) is 1. The lowest BCUT2D eigenvalue weighted by Gasteiger charge is -1.93. The van der Waals surface area contributed by atoms with E-state index in [4.69, 9.17) is 0 Å². The molecule has 0 unspecified atom stereocenters. The molecule has 0 aromatic carbocycles. The number of carbonyl (C=O) groups excluding carboxylic acids is 1. The van der Waals surface area contributed by atoms with Crippen LogP contribution < -0.4 is 0 Å². The molecule has 14 heavy (non-hydrogen) atoms. The average molecular weight is 319 g/mol. The fourth-order valence-corrected chi connectivity index (χ4v) is 3.25. The third-order valence-electron chi connectivity index (χ3n) is 1.78. The number of hydrogen-bond acceptors (Lipinski definition) is 4. The van der Waals surface area contributed by atoms with E-state index in [9.17, 15) is 4.79 Å². The number of methoxy groups -OCH3 is 1. The van der Waals surface area contributed by atoms with Gasteiger partial charge in [0.15, 0.2) is 0 Å². The highest BCUT2D eigenvalue weighted by atomic mass is 127. The maximum atomic E-state index is 11.4. The molecule has 0 spiro atoms. The number of halogens is 1. The van der Waals surface area contributed by atoms with E-state index in [1.807, 2.05) is 12.1 Å². The molecule has 72 valence electrons. The van der Waals surface area contributed by atoms with E-state index in [0.29, 0.717) is 4.88 Å². The molecule has 0 radical (unpaired) electrons. The number of nitrogens with zero attached hydrogens (tertiary/aromatic N) is 1. The van der Waals surface area contributed by atoms with Crippen LogP contribution in [0.4, 0.5) is 0 Å². The van der Waals surface area contributed by atoms with Crippen molar-refractivity contribution >= 4 is 50.1 Å². The summed E-state index contributed by atoms with van der Waals surface area (Å²) >= 11 is 3.51. The first-order chi connectivity index (χ1) is 6.74. The van der Waals surface area contributed by atoms with Crippen molar-refractivity contribution in [3.05, 3.63) is 26.8 Å². The summed E-state index contributed by atoms with van der Waals surface area (Å²) in [5.41, 5.74) is 0. The SMILES string of the molecule is COC(=O)c1sc2ncccc2c1I. The minimum atomic E-state index is -0.294. The second-order valence-electron chi connectivity index (χ2n) is 2.59. The molecule has 0 saturated carbocycles. The Hall–Kier alpha value is -0.690. The smallest absolute Gasteiger partial charge is 0.349 e. The number of fused-ring (bicyclic) bond motifs is 1. The van der Waals surface area contributed by atoms with E-state index in [2.05, 4.69) is 32.3 Å². The Balaban J connectivity index is 2.68. The highest BCUT2D eigenvalue weighted by Crippen LogP contribution is 2.31. The lowest BCUT2D eigenvalue weighted by atomic mass is 10.3. The van der Waals surface area contributed by atoms with E-state index in [1.165, 1.54) is 18.4 Å². The van der Waals surface area contributed by atoms with Gasteiger partial charge in [0, 0.05) is 15.2 Å². The number of thiophene rings is 1. The normalized spacial score (nSPS) is 10.4. The quantitative estimate of drug-likeness (QED) is 0.599. The fourth-order valence-electron chi connectivity index (χ4n) is 1.13. The lowest BCUT2D eigenvalue weighted by molar-refractivity contribution is 0.0605. The Bertz CT molecular complexity index is 495. The Labute approximate surface area is 98.2 Å². The van der Waals surface area contributed by atoms with Gasteiger partial charge in [-0.3, -0.25) is 0 Å². The monoisotopic (exact) mass is 319 g/mol. The highest BCUT2D eigenvalue weighted by Gasteiger charge is 2.16. The molecular weight excluding hydrogens is 313 g/mol.